The number of likely N-dealkylation sites (tertiary alicyclic amines) is 1. The monoisotopic (exact) mass is 547 g/mol. The number of rotatable bonds is 8. The van der Waals surface area contributed by atoms with Gasteiger partial charge in [-0.3, -0.25) is 9.59 Å². The molecule has 3 aromatic rings. The van der Waals surface area contributed by atoms with Gasteiger partial charge in [0.05, 0.1) is 25.8 Å². The Morgan fingerprint density at radius 3 is 2.45 bits per heavy atom. The van der Waals surface area contributed by atoms with Gasteiger partial charge in [-0.25, -0.2) is 0 Å². The van der Waals surface area contributed by atoms with Crippen LogP contribution in [0.3, 0.4) is 0 Å². The predicted molar refractivity (Wildman–Crippen MR) is 156 cm³/mol. The molecule has 0 aliphatic carbocycles. The third-order valence-corrected chi connectivity index (χ3v) is 8.40. The molecule has 8 nitrogen and oxygen atoms in total. The maximum absolute atomic E-state index is 12.8. The van der Waals surface area contributed by atoms with E-state index in [9.17, 15) is 9.59 Å². The number of carbonyl (C=O) groups is 2. The fraction of sp³-hybridized carbons (Fsp3) is 0.500. The summed E-state index contributed by atoms with van der Waals surface area (Å²) in [5.74, 6) is 1.61. The summed E-state index contributed by atoms with van der Waals surface area (Å²) in [6.45, 7) is 7.20. The third kappa shape index (κ3) is 5.82. The number of benzene rings is 2. The van der Waals surface area contributed by atoms with E-state index in [4.69, 9.17) is 14.2 Å². The Kier molecular flexibility index (Phi) is 8.64. The summed E-state index contributed by atoms with van der Waals surface area (Å²) >= 11 is 0. The Labute approximate surface area is 236 Å². The van der Waals surface area contributed by atoms with Gasteiger partial charge in [0.15, 0.2) is 18.1 Å². The Hall–Kier alpha value is -3.52. The van der Waals surface area contributed by atoms with Crippen LogP contribution in [0.25, 0.3) is 22.2 Å². The van der Waals surface area contributed by atoms with Crippen molar-refractivity contribution in [3.63, 3.8) is 0 Å². The van der Waals surface area contributed by atoms with Gasteiger partial charge in [0.1, 0.15) is 0 Å². The van der Waals surface area contributed by atoms with Gasteiger partial charge in [0, 0.05) is 36.1 Å². The molecule has 8 heteroatoms. The minimum Gasteiger partial charge on any atom is -0.493 e. The summed E-state index contributed by atoms with van der Waals surface area (Å²) in [6.07, 6.45) is 3.57. The Morgan fingerprint density at radius 1 is 1.00 bits per heavy atom. The quantitative estimate of drug-likeness (QED) is 0.376. The van der Waals surface area contributed by atoms with Gasteiger partial charge >= 0.3 is 5.97 Å². The van der Waals surface area contributed by atoms with Gasteiger partial charge in [-0.05, 0) is 85.5 Å². The molecular weight excluding hydrogens is 506 g/mol. The van der Waals surface area contributed by atoms with Crippen molar-refractivity contribution < 1.29 is 23.8 Å². The van der Waals surface area contributed by atoms with E-state index in [1.807, 2.05) is 17.0 Å². The first-order valence-electron chi connectivity index (χ1n) is 14.4. The van der Waals surface area contributed by atoms with E-state index >= 15 is 0 Å². The number of amides is 1. The van der Waals surface area contributed by atoms with Gasteiger partial charge < -0.3 is 29.4 Å². The SMILES string of the molecule is COc1ccc(-c2[nH]c3ccc(C4CCN(C(=O)COC(=O)[C@H]5CCCNC5)CC4)cc3c2C(C)C)cc1OC. The summed E-state index contributed by atoms with van der Waals surface area (Å²) in [5.41, 5.74) is 5.86. The number of carbonyl (C=O) groups excluding carboxylic acids is 2. The molecular formula is C32H41N3O5. The Balaban J connectivity index is 1.27. The van der Waals surface area contributed by atoms with Crippen molar-refractivity contribution in [1.82, 2.24) is 15.2 Å². The van der Waals surface area contributed by atoms with Crippen molar-refractivity contribution in [3.05, 3.63) is 47.5 Å². The predicted octanol–water partition coefficient (Wildman–Crippen LogP) is 5.22. The van der Waals surface area contributed by atoms with Crippen LogP contribution in [0.5, 0.6) is 11.5 Å². The molecule has 0 saturated carbocycles. The maximum Gasteiger partial charge on any atom is 0.310 e. The number of aromatic amines is 1. The van der Waals surface area contributed by atoms with E-state index in [0.717, 1.165) is 49.0 Å². The zero-order chi connectivity index (χ0) is 28.2. The van der Waals surface area contributed by atoms with Crippen LogP contribution in [0.4, 0.5) is 0 Å². The maximum atomic E-state index is 12.8. The van der Waals surface area contributed by atoms with Crippen LogP contribution >= 0.6 is 0 Å². The first-order chi connectivity index (χ1) is 19.4. The molecule has 0 bridgehead atoms. The summed E-state index contributed by atoms with van der Waals surface area (Å²) in [6, 6.07) is 12.7. The van der Waals surface area contributed by atoms with Crippen LogP contribution in [-0.4, -0.2) is 68.8 Å². The smallest absolute Gasteiger partial charge is 0.310 e. The van der Waals surface area contributed by atoms with E-state index in [1.54, 1.807) is 14.2 Å². The number of esters is 1. The Morgan fingerprint density at radius 2 is 1.77 bits per heavy atom. The van der Waals surface area contributed by atoms with Crippen molar-refractivity contribution >= 4 is 22.8 Å². The minimum absolute atomic E-state index is 0.0988. The molecule has 5 rings (SSSR count). The molecule has 2 N–H and O–H groups in total. The molecule has 2 aromatic carbocycles. The molecule has 0 spiro atoms. The van der Waals surface area contributed by atoms with Crippen LogP contribution in [0.1, 0.15) is 62.5 Å². The number of piperidine rings is 2. The number of nitrogens with one attached hydrogen (secondary N) is 2. The standard InChI is InChI=1S/C32H41N3O5/c1-20(2)30-25-16-22(7-9-26(25)34-31(30)23-8-10-27(38-3)28(17-23)39-4)21-11-14-35(15-12-21)29(36)19-40-32(37)24-6-5-13-33-18-24/h7-10,16-17,20-21,24,33-34H,5-6,11-15,18-19H2,1-4H3/t24-/m0/s1. The van der Waals surface area contributed by atoms with Crippen molar-refractivity contribution in [1.29, 1.82) is 0 Å². The van der Waals surface area contributed by atoms with Crippen molar-refractivity contribution in [3.8, 4) is 22.8 Å². The van der Waals surface area contributed by atoms with Gasteiger partial charge in [-0.15, -0.1) is 0 Å². The van der Waals surface area contributed by atoms with Crippen molar-refractivity contribution in [2.75, 3.05) is 47.0 Å². The van der Waals surface area contributed by atoms with Crippen LogP contribution in [-0.2, 0) is 14.3 Å². The van der Waals surface area contributed by atoms with Crippen LogP contribution in [0, 0.1) is 5.92 Å². The highest BCUT2D eigenvalue weighted by molar-refractivity contribution is 5.92. The molecule has 2 aliphatic rings. The van der Waals surface area contributed by atoms with Crippen molar-refractivity contribution in [2.24, 2.45) is 5.92 Å². The third-order valence-electron chi connectivity index (χ3n) is 8.40. The lowest BCUT2D eigenvalue weighted by Crippen LogP contribution is -2.41. The van der Waals surface area contributed by atoms with Gasteiger partial charge in [-0.2, -0.15) is 0 Å². The van der Waals surface area contributed by atoms with Crippen LogP contribution in [0.15, 0.2) is 36.4 Å². The van der Waals surface area contributed by atoms with Crippen LogP contribution < -0.4 is 14.8 Å². The van der Waals surface area contributed by atoms with Crippen LogP contribution in [0.2, 0.25) is 0 Å². The zero-order valence-electron chi connectivity index (χ0n) is 24.0. The highest BCUT2D eigenvalue weighted by Crippen LogP contribution is 2.40. The summed E-state index contributed by atoms with van der Waals surface area (Å²) in [7, 11) is 3.30. The second-order valence-electron chi connectivity index (χ2n) is 11.2. The van der Waals surface area contributed by atoms with E-state index in [2.05, 4.69) is 48.4 Å². The van der Waals surface area contributed by atoms with E-state index in [-0.39, 0.29) is 24.4 Å². The second kappa shape index (κ2) is 12.3. The number of ether oxygens (including phenoxy) is 3. The number of aromatic nitrogens is 1. The number of hydrogen-bond donors (Lipinski definition) is 2. The lowest BCUT2D eigenvalue weighted by Gasteiger charge is -2.32. The molecule has 0 unspecified atom stereocenters. The normalized spacial score (nSPS) is 18.2. The molecule has 1 aromatic heterocycles. The molecule has 2 saturated heterocycles. The number of fused-ring (bicyclic) bond motifs is 1. The molecule has 1 atom stereocenters. The molecule has 1 amide bonds. The fourth-order valence-electron chi connectivity index (χ4n) is 6.16. The van der Waals surface area contributed by atoms with E-state index in [1.165, 1.54) is 16.5 Å². The molecule has 3 heterocycles. The summed E-state index contributed by atoms with van der Waals surface area (Å²) in [5, 5.41) is 4.45. The van der Waals surface area contributed by atoms with Gasteiger partial charge in [-0.1, -0.05) is 19.9 Å². The van der Waals surface area contributed by atoms with Crippen molar-refractivity contribution in [2.45, 2.75) is 51.4 Å². The summed E-state index contributed by atoms with van der Waals surface area (Å²) in [4.78, 5) is 30.6. The molecule has 2 fully saturated rings. The fourth-order valence-corrected chi connectivity index (χ4v) is 6.16. The number of hydrogen-bond acceptors (Lipinski definition) is 6. The molecule has 40 heavy (non-hydrogen) atoms. The second-order valence-corrected chi connectivity index (χ2v) is 11.2. The first-order valence-corrected chi connectivity index (χ1v) is 14.4. The highest BCUT2D eigenvalue weighted by atomic mass is 16.5. The number of nitrogens with zero attached hydrogens (tertiary/aromatic N) is 1. The number of H-pyrrole nitrogens is 1. The summed E-state index contributed by atoms with van der Waals surface area (Å²) < 4.78 is 16.4. The van der Waals surface area contributed by atoms with Gasteiger partial charge in [0.2, 0.25) is 0 Å². The lowest BCUT2D eigenvalue weighted by molar-refractivity contribution is -0.156. The Bertz CT molecular complexity index is 1350. The molecule has 214 valence electrons. The highest BCUT2D eigenvalue weighted by Gasteiger charge is 2.27. The lowest BCUT2D eigenvalue weighted by atomic mass is 9.87. The van der Waals surface area contributed by atoms with E-state index < -0.39 is 0 Å². The topological polar surface area (TPSA) is 92.9 Å². The largest absolute Gasteiger partial charge is 0.493 e. The average molecular weight is 548 g/mol. The minimum atomic E-state index is -0.261. The molecule has 0 radical (unpaired) electrons. The van der Waals surface area contributed by atoms with Gasteiger partial charge in [0.25, 0.3) is 5.91 Å². The average Bonchev–Trinajstić information content (AvgIpc) is 3.39. The first kappa shape index (κ1) is 28.0. The van der Waals surface area contributed by atoms with E-state index in [0.29, 0.717) is 43.0 Å². The molecule has 2 aliphatic heterocycles. The zero-order valence-corrected chi connectivity index (χ0v) is 24.0. The number of methoxy groups -OCH3 is 2.